The molecule has 118 valence electrons. The predicted octanol–water partition coefficient (Wildman–Crippen LogP) is 3.26. The second-order valence-corrected chi connectivity index (χ2v) is 5.70. The molecular formula is C17H15ClN2O3. The van der Waals surface area contributed by atoms with Crippen LogP contribution in [0.2, 0.25) is 5.02 Å². The summed E-state index contributed by atoms with van der Waals surface area (Å²) in [7, 11) is 1.66. The highest BCUT2D eigenvalue weighted by Crippen LogP contribution is 2.32. The standard InChI is InChI=1S/C17H15ClN2O3/c1-10-12(18)4-3-5-13(10)19-17(22)11-6-7-15-14(8-11)20(2)16(21)9-23-15/h3-8H,9H2,1-2H3,(H,19,22). The molecule has 0 aromatic heterocycles. The molecule has 23 heavy (non-hydrogen) atoms. The number of amides is 2. The van der Waals surface area contributed by atoms with Crippen LogP contribution in [0.5, 0.6) is 5.75 Å². The summed E-state index contributed by atoms with van der Waals surface area (Å²) in [4.78, 5) is 25.6. The lowest BCUT2D eigenvalue weighted by molar-refractivity contribution is -0.120. The minimum atomic E-state index is -0.274. The third-order valence-corrected chi connectivity index (χ3v) is 4.23. The Morgan fingerprint density at radius 2 is 2.09 bits per heavy atom. The van der Waals surface area contributed by atoms with E-state index in [1.54, 1.807) is 43.4 Å². The fraction of sp³-hybridized carbons (Fsp3) is 0.176. The van der Waals surface area contributed by atoms with Crippen molar-refractivity contribution in [2.75, 3.05) is 23.9 Å². The number of benzene rings is 2. The van der Waals surface area contributed by atoms with Gasteiger partial charge in [0.05, 0.1) is 5.69 Å². The highest BCUT2D eigenvalue weighted by molar-refractivity contribution is 6.31. The van der Waals surface area contributed by atoms with Crippen LogP contribution >= 0.6 is 11.6 Å². The van der Waals surface area contributed by atoms with Gasteiger partial charge in [0.2, 0.25) is 0 Å². The number of hydrogen-bond donors (Lipinski definition) is 1. The first-order valence-electron chi connectivity index (χ1n) is 7.07. The first-order chi connectivity index (χ1) is 11.0. The lowest BCUT2D eigenvalue weighted by Crippen LogP contribution is -2.35. The van der Waals surface area contributed by atoms with Gasteiger partial charge in [0, 0.05) is 23.3 Å². The normalized spacial score (nSPS) is 13.3. The van der Waals surface area contributed by atoms with E-state index in [2.05, 4.69) is 5.32 Å². The third kappa shape index (κ3) is 2.87. The fourth-order valence-electron chi connectivity index (χ4n) is 2.35. The second-order valence-electron chi connectivity index (χ2n) is 5.29. The van der Waals surface area contributed by atoms with Crippen molar-refractivity contribution in [2.24, 2.45) is 0 Å². The summed E-state index contributed by atoms with van der Waals surface area (Å²) >= 11 is 6.06. The van der Waals surface area contributed by atoms with Crippen molar-refractivity contribution in [1.82, 2.24) is 0 Å². The topological polar surface area (TPSA) is 58.6 Å². The Morgan fingerprint density at radius 1 is 1.30 bits per heavy atom. The van der Waals surface area contributed by atoms with Gasteiger partial charge >= 0.3 is 0 Å². The van der Waals surface area contributed by atoms with Crippen molar-refractivity contribution in [3.8, 4) is 5.75 Å². The Balaban J connectivity index is 1.89. The average molecular weight is 331 g/mol. The lowest BCUT2D eigenvalue weighted by Gasteiger charge is -2.26. The minimum Gasteiger partial charge on any atom is -0.482 e. The highest BCUT2D eigenvalue weighted by atomic mass is 35.5. The number of fused-ring (bicyclic) bond motifs is 1. The van der Waals surface area contributed by atoms with E-state index in [1.807, 2.05) is 6.92 Å². The molecule has 6 heteroatoms. The van der Waals surface area contributed by atoms with Crippen molar-refractivity contribution in [3.63, 3.8) is 0 Å². The van der Waals surface area contributed by atoms with E-state index >= 15 is 0 Å². The molecule has 1 aliphatic heterocycles. The average Bonchev–Trinajstić information content (AvgIpc) is 2.55. The molecule has 1 N–H and O–H groups in total. The van der Waals surface area contributed by atoms with Gasteiger partial charge < -0.3 is 15.0 Å². The Morgan fingerprint density at radius 3 is 2.87 bits per heavy atom. The van der Waals surface area contributed by atoms with Gasteiger partial charge in [-0.2, -0.15) is 0 Å². The highest BCUT2D eigenvalue weighted by Gasteiger charge is 2.23. The molecule has 2 amide bonds. The van der Waals surface area contributed by atoms with Crippen molar-refractivity contribution < 1.29 is 14.3 Å². The Labute approximate surface area is 138 Å². The van der Waals surface area contributed by atoms with Crippen molar-refractivity contribution >= 4 is 34.8 Å². The number of rotatable bonds is 2. The predicted molar refractivity (Wildman–Crippen MR) is 89.5 cm³/mol. The zero-order valence-corrected chi connectivity index (χ0v) is 13.5. The zero-order valence-electron chi connectivity index (χ0n) is 12.7. The van der Waals surface area contributed by atoms with Crippen LogP contribution in [0, 0.1) is 6.92 Å². The third-order valence-electron chi connectivity index (χ3n) is 3.82. The van der Waals surface area contributed by atoms with E-state index in [0.717, 1.165) is 5.56 Å². The molecule has 0 aliphatic carbocycles. The number of carbonyl (C=O) groups excluding carboxylic acids is 2. The summed E-state index contributed by atoms with van der Waals surface area (Å²) in [5.74, 6) is 0.160. The number of likely N-dealkylation sites (N-methyl/N-ethyl adjacent to an activating group) is 1. The van der Waals surface area contributed by atoms with Crippen LogP contribution in [0.4, 0.5) is 11.4 Å². The Hall–Kier alpha value is -2.53. The molecule has 2 aromatic rings. The molecule has 0 atom stereocenters. The minimum absolute atomic E-state index is 0.0107. The second kappa shape index (κ2) is 5.93. The van der Waals surface area contributed by atoms with Gasteiger partial charge in [-0.3, -0.25) is 9.59 Å². The number of carbonyl (C=O) groups is 2. The van der Waals surface area contributed by atoms with Crippen LogP contribution < -0.4 is 15.0 Å². The molecular weight excluding hydrogens is 316 g/mol. The maximum Gasteiger partial charge on any atom is 0.264 e. The first-order valence-corrected chi connectivity index (χ1v) is 7.45. The molecule has 1 aliphatic rings. The number of anilines is 2. The van der Waals surface area contributed by atoms with Gasteiger partial charge in [-0.1, -0.05) is 17.7 Å². The first kappa shape index (κ1) is 15.4. The fourth-order valence-corrected chi connectivity index (χ4v) is 2.53. The van der Waals surface area contributed by atoms with Gasteiger partial charge in [-0.25, -0.2) is 0 Å². The number of hydrogen-bond acceptors (Lipinski definition) is 3. The Bertz CT molecular complexity index is 804. The smallest absolute Gasteiger partial charge is 0.264 e. The molecule has 2 aromatic carbocycles. The van der Waals surface area contributed by atoms with E-state index in [-0.39, 0.29) is 18.4 Å². The Kier molecular flexibility index (Phi) is 3.96. The molecule has 3 rings (SSSR count). The molecule has 0 unspecified atom stereocenters. The number of nitrogens with one attached hydrogen (secondary N) is 1. The van der Waals surface area contributed by atoms with E-state index in [9.17, 15) is 9.59 Å². The molecule has 0 fully saturated rings. The summed E-state index contributed by atoms with van der Waals surface area (Å²) in [6, 6.07) is 10.3. The van der Waals surface area contributed by atoms with E-state index in [4.69, 9.17) is 16.3 Å². The van der Waals surface area contributed by atoms with Crippen molar-refractivity contribution in [2.45, 2.75) is 6.92 Å². The van der Waals surface area contributed by atoms with Gasteiger partial charge in [0.1, 0.15) is 5.75 Å². The summed E-state index contributed by atoms with van der Waals surface area (Å²) in [5.41, 5.74) is 2.47. The van der Waals surface area contributed by atoms with Gasteiger partial charge in [0.15, 0.2) is 6.61 Å². The van der Waals surface area contributed by atoms with E-state index in [0.29, 0.717) is 27.7 Å². The van der Waals surface area contributed by atoms with Crippen LogP contribution in [0.25, 0.3) is 0 Å². The van der Waals surface area contributed by atoms with Crippen LogP contribution in [-0.2, 0) is 4.79 Å². The largest absolute Gasteiger partial charge is 0.482 e. The zero-order chi connectivity index (χ0) is 16.6. The van der Waals surface area contributed by atoms with Crippen LogP contribution in [0.3, 0.4) is 0 Å². The monoisotopic (exact) mass is 330 g/mol. The number of halogens is 1. The summed E-state index contributed by atoms with van der Waals surface area (Å²) in [6.07, 6.45) is 0. The number of nitrogens with zero attached hydrogens (tertiary/aromatic N) is 1. The maximum atomic E-state index is 12.5. The molecule has 0 saturated carbocycles. The van der Waals surface area contributed by atoms with Crippen LogP contribution in [-0.4, -0.2) is 25.5 Å². The molecule has 0 saturated heterocycles. The number of ether oxygens (including phenoxy) is 1. The van der Waals surface area contributed by atoms with Crippen molar-refractivity contribution in [3.05, 3.63) is 52.5 Å². The molecule has 1 heterocycles. The summed E-state index contributed by atoms with van der Waals surface area (Å²) in [5, 5.41) is 3.42. The SMILES string of the molecule is Cc1c(Cl)cccc1NC(=O)c1ccc2c(c1)N(C)C(=O)CO2. The molecule has 5 nitrogen and oxygen atoms in total. The van der Waals surface area contributed by atoms with E-state index < -0.39 is 0 Å². The summed E-state index contributed by atoms with van der Waals surface area (Å²) < 4.78 is 5.35. The maximum absolute atomic E-state index is 12.5. The van der Waals surface area contributed by atoms with Crippen LogP contribution in [0.1, 0.15) is 15.9 Å². The van der Waals surface area contributed by atoms with Crippen LogP contribution in [0.15, 0.2) is 36.4 Å². The van der Waals surface area contributed by atoms with Gasteiger partial charge in [-0.05, 0) is 42.8 Å². The van der Waals surface area contributed by atoms with E-state index in [1.165, 1.54) is 4.90 Å². The molecule has 0 radical (unpaired) electrons. The quantitative estimate of drug-likeness (QED) is 0.919. The lowest BCUT2D eigenvalue weighted by atomic mass is 10.1. The van der Waals surface area contributed by atoms with Gasteiger partial charge in [0.25, 0.3) is 11.8 Å². The molecule has 0 spiro atoms. The molecule has 0 bridgehead atoms. The van der Waals surface area contributed by atoms with Crippen molar-refractivity contribution in [1.29, 1.82) is 0 Å². The summed E-state index contributed by atoms with van der Waals surface area (Å²) in [6.45, 7) is 1.85. The van der Waals surface area contributed by atoms with Gasteiger partial charge in [-0.15, -0.1) is 0 Å².